The molecule has 0 spiro atoms. The minimum atomic E-state index is -0.0886. The van der Waals surface area contributed by atoms with Crippen LogP contribution in [-0.4, -0.2) is 15.3 Å². The molecule has 0 aliphatic rings. The maximum Gasteiger partial charge on any atom is 0.258 e. The highest BCUT2D eigenvalue weighted by atomic mass is 32.2. The van der Waals surface area contributed by atoms with Crippen LogP contribution in [0, 0.1) is 0 Å². The highest BCUT2D eigenvalue weighted by Gasteiger charge is 2.04. The third kappa shape index (κ3) is 3.37. The fourth-order valence-corrected chi connectivity index (χ4v) is 3.49. The Balaban J connectivity index is 1.70. The fourth-order valence-electron chi connectivity index (χ4n) is 1.96. The van der Waals surface area contributed by atoms with Gasteiger partial charge in [0.25, 0.3) is 5.56 Å². The van der Waals surface area contributed by atoms with E-state index in [1.165, 1.54) is 18.3 Å². The highest BCUT2D eigenvalue weighted by Crippen LogP contribution is 2.23. The zero-order valence-corrected chi connectivity index (χ0v) is 13.4. The van der Waals surface area contributed by atoms with Gasteiger partial charge in [-0.2, -0.15) is 0 Å². The van der Waals surface area contributed by atoms with Crippen LogP contribution in [0.3, 0.4) is 0 Å². The molecule has 1 aromatic carbocycles. The van der Waals surface area contributed by atoms with Crippen molar-refractivity contribution in [1.82, 2.24) is 9.38 Å². The number of hydrogen-bond donors (Lipinski definition) is 1. The molecule has 0 saturated heterocycles. The van der Waals surface area contributed by atoms with Gasteiger partial charge >= 0.3 is 0 Å². The first-order valence-electron chi connectivity index (χ1n) is 6.58. The maximum absolute atomic E-state index is 11.9. The number of anilines is 1. The van der Waals surface area contributed by atoms with Crippen molar-refractivity contribution >= 4 is 39.7 Å². The van der Waals surface area contributed by atoms with Crippen LogP contribution < -0.4 is 10.9 Å². The average Bonchev–Trinajstić information content (AvgIpc) is 2.95. The van der Waals surface area contributed by atoms with Gasteiger partial charge in [-0.3, -0.25) is 14.0 Å². The monoisotopic (exact) mass is 331 g/mol. The lowest BCUT2D eigenvalue weighted by atomic mass is 10.3. The molecule has 1 amide bonds. The quantitative estimate of drug-likeness (QED) is 0.747. The molecular weight excluding hydrogens is 318 g/mol. The van der Waals surface area contributed by atoms with E-state index in [2.05, 4.69) is 10.3 Å². The second-order valence-corrected chi connectivity index (χ2v) is 6.56. The molecule has 0 unspecified atom stereocenters. The number of nitrogens with one attached hydrogen (secondary N) is 1. The van der Waals surface area contributed by atoms with E-state index >= 15 is 0 Å². The number of nitrogens with zero attached hydrogens (tertiary/aromatic N) is 2. The summed E-state index contributed by atoms with van der Waals surface area (Å²) >= 11 is 3.05. The Morgan fingerprint density at radius 2 is 2.14 bits per heavy atom. The lowest BCUT2D eigenvalue weighted by Gasteiger charge is -2.04. The van der Waals surface area contributed by atoms with Crippen molar-refractivity contribution in [2.75, 3.05) is 5.32 Å². The molecule has 1 N–H and O–H groups in total. The van der Waals surface area contributed by atoms with E-state index in [1.807, 2.05) is 29.6 Å². The Bertz CT molecular complexity index is 868. The van der Waals surface area contributed by atoms with Crippen LogP contribution in [0.5, 0.6) is 0 Å². The number of carbonyl (C=O) groups is 1. The summed E-state index contributed by atoms with van der Waals surface area (Å²) in [5.74, 6) is 0.540. The molecule has 0 saturated carbocycles. The van der Waals surface area contributed by atoms with Crippen molar-refractivity contribution in [2.24, 2.45) is 0 Å². The van der Waals surface area contributed by atoms with Crippen molar-refractivity contribution in [1.29, 1.82) is 0 Å². The van der Waals surface area contributed by atoms with Crippen LogP contribution >= 0.6 is 23.1 Å². The van der Waals surface area contributed by atoms with Crippen LogP contribution in [0.25, 0.3) is 4.96 Å². The van der Waals surface area contributed by atoms with Crippen molar-refractivity contribution in [3.8, 4) is 0 Å². The zero-order chi connectivity index (χ0) is 15.5. The number of rotatable bonds is 4. The molecule has 0 radical (unpaired) electrons. The molecule has 7 heteroatoms. The number of thiazole rings is 1. The van der Waals surface area contributed by atoms with Gasteiger partial charge in [0.05, 0.1) is 5.69 Å². The number of carbonyl (C=O) groups excluding carboxylic acids is 1. The van der Waals surface area contributed by atoms with Crippen molar-refractivity contribution in [3.63, 3.8) is 0 Å². The van der Waals surface area contributed by atoms with Gasteiger partial charge in [-0.15, -0.1) is 23.1 Å². The molecule has 0 aliphatic carbocycles. The van der Waals surface area contributed by atoms with Crippen LogP contribution in [0.15, 0.2) is 51.6 Å². The first kappa shape index (κ1) is 14.8. The smallest absolute Gasteiger partial charge is 0.258 e. The van der Waals surface area contributed by atoms with Crippen LogP contribution in [0.2, 0.25) is 0 Å². The molecule has 0 bridgehead atoms. The highest BCUT2D eigenvalue weighted by molar-refractivity contribution is 7.98. The minimum absolute atomic E-state index is 0.0529. The molecule has 5 nitrogen and oxygen atoms in total. The molecule has 2 heterocycles. The summed E-state index contributed by atoms with van der Waals surface area (Å²) in [6.45, 7) is 1.48. The van der Waals surface area contributed by atoms with E-state index in [1.54, 1.807) is 28.4 Å². The fraction of sp³-hybridized carbons (Fsp3) is 0.133. The van der Waals surface area contributed by atoms with E-state index in [-0.39, 0.29) is 11.5 Å². The van der Waals surface area contributed by atoms with Crippen molar-refractivity contribution < 1.29 is 4.79 Å². The van der Waals surface area contributed by atoms with Gasteiger partial charge in [-0.25, -0.2) is 4.98 Å². The summed E-state index contributed by atoms with van der Waals surface area (Å²) in [5, 5.41) is 4.58. The Morgan fingerprint density at radius 3 is 2.86 bits per heavy atom. The number of fused-ring (bicyclic) bond motifs is 1. The van der Waals surface area contributed by atoms with E-state index in [0.717, 1.165) is 16.3 Å². The molecule has 0 fully saturated rings. The summed E-state index contributed by atoms with van der Waals surface area (Å²) in [5.41, 5.74) is 1.49. The van der Waals surface area contributed by atoms with Crippen LogP contribution in [-0.2, 0) is 10.5 Å². The second kappa shape index (κ2) is 6.33. The predicted octanol–water partition coefficient (Wildman–Crippen LogP) is 3.01. The largest absolute Gasteiger partial charge is 0.326 e. The first-order valence-corrected chi connectivity index (χ1v) is 8.44. The lowest BCUT2D eigenvalue weighted by Crippen LogP contribution is -2.12. The van der Waals surface area contributed by atoms with Gasteiger partial charge in [0.1, 0.15) is 0 Å². The topological polar surface area (TPSA) is 63.5 Å². The normalized spacial score (nSPS) is 10.8. The summed E-state index contributed by atoms with van der Waals surface area (Å²) in [7, 11) is 0. The summed E-state index contributed by atoms with van der Waals surface area (Å²) in [6.07, 6.45) is 1.73. The van der Waals surface area contributed by atoms with E-state index in [0.29, 0.717) is 10.7 Å². The molecule has 3 rings (SSSR count). The third-order valence-corrected chi connectivity index (χ3v) is 4.72. The molecule has 22 heavy (non-hydrogen) atoms. The minimum Gasteiger partial charge on any atom is -0.326 e. The van der Waals surface area contributed by atoms with Gasteiger partial charge in [0.2, 0.25) is 5.91 Å². The zero-order valence-electron chi connectivity index (χ0n) is 11.8. The van der Waals surface area contributed by atoms with Crippen LogP contribution in [0.1, 0.15) is 12.6 Å². The number of hydrogen-bond acceptors (Lipinski definition) is 5. The summed E-state index contributed by atoms with van der Waals surface area (Å²) in [6, 6.07) is 9.15. The SMILES string of the molecule is CC(=O)Nc1ccc(SCc2cc(=O)n3ccsc3n2)cc1. The van der Waals surface area contributed by atoms with Crippen LogP contribution in [0.4, 0.5) is 5.69 Å². The predicted molar refractivity (Wildman–Crippen MR) is 89.6 cm³/mol. The van der Waals surface area contributed by atoms with Gasteiger partial charge in [0, 0.05) is 40.9 Å². The first-order chi connectivity index (χ1) is 10.6. The third-order valence-electron chi connectivity index (χ3n) is 2.92. The Kier molecular flexibility index (Phi) is 4.26. The molecule has 3 aromatic rings. The van der Waals surface area contributed by atoms with Gasteiger partial charge in [0.15, 0.2) is 4.96 Å². The Hall–Kier alpha value is -2.12. The number of amides is 1. The maximum atomic E-state index is 11.9. The van der Waals surface area contributed by atoms with E-state index in [9.17, 15) is 9.59 Å². The second-order valence-electron chi connectivity index (χ2n) is 4.64. The van der Waals surface area contributed by atoms with Crippen molar-refractivity contribution in [3.05, 3.63) is 58.0 Å². The lowest BCUT2D eigenvalue weighted by molar-refractivity contribution is -0.114. The molecule has 0 aliphatic heterocycles. The Labute approximate surface area is 135 Å². The number of aromatic nitrogens is 2. The standard InChI is InChI=1S/C15H13N3O2S2/c1-10(19)16-11-2-4-13(5-3-11)22-9-12-8-14(20)18-6-7-21-15(18)17-12/h2-8H,9H2,1H3,(H,16,19). The van der Waals surface area contributed by atoms with Gasteiger partial charge < -0.3 is 5.32 Å². The number of thioether (sulfide) groups is 1. The molecule has 112 valence electrons. The Morgan fingerprint density at radius 1 is 1.36 bits per heavy atom. The molecule has 2 aromatic heterocycles. The molecular formula is C15H13N3O2S2. The van der Waals surface area contributed by atoms with Gasteiger partial charge in [-0.1, -0.05) is 0 Å². The van der Waals surface area contributed by atoms with Crippen molar-refractivity contribution in [2.45, 2.75) is 17.6 Å². The number of benzene rings is 1. The summed E-state index contributed by atoms with van der Waals surface area (Å²) < 4.78 is 1.54. The average molecular weight is 331 g/mol. The molecule has 0 atom stereocenters. The van der Waals surface area contributed by atoms with E-state index < -0.39 is 0 Å². The van der Waals surface area contributed by atoms with E-state index in [4.69, 9.17) is 0 Å². The summed E-state index contributed by atoms with van der Waals surface area (Å²) in [4.78, 5) is 29.1. The van der Waals surface area contributed by atoms with Gasteiger partial charge in [-0.05, 0) is 24.3 Å².